The number of amides is 3. The highest BCUT2D eigenvalue weighted by molar-refractivity contribution is 5.90. The molecule has 1 aliphatic rings. The molecule has 3 atom stereocenters. The Kier molecular flexibility index (Phi) is 9.12. The van der Waals surface area contributed by atoms with E-state index in [0.717, 1.165) is 29.2 Å². The van der Waals surface area contributed by atoms with Crippen LogP contribution in [0.1, 0.15) is 59.4 Å². The van der Waals surface area contributed by atoms with Gasteiger partial charge in [-0.1, -0.05) is 70.2 Å². The van der Waals surface area contributed by atoms with Gasteiger partial charge in [-0.25, -0.2) is 0 Å². The quantitative estimate of drug-likeness (QED) is 0.557. The van der Waals surface area contributed by atoms with Gasteiger partial charge in [0.2, 0.25) is 17.7 Å². The normalized spacial score (nSPS) is 17.6. The molecule has 7 heteroatoms. The Bertz CT molecular complexity index is 1070. The molecule has 196 valence electrons. The minimum absolute atomic E-state index is 0.0734. The molecule has 0 spiro atoms. The third kappa shape index (κ3) is 6.44. The van der Waals surface area contributed by atoms with Gasteiger partial charge in [-0.2, -0.15) is 0 Å². The molecule has 2 aromatic rings. The van der Waals surface area contributed by atoms with E-state index in [0.29, 0.717) is 26.1 Å². The van der Waals surface area contributed by atoms with Crippen LogP contribution < -0.4 is 10.6 Å². The van der Waals surface area contributed by atoms with Crippen molar-refractivity contribution in [2.24, 2.45) is 5.41 Å². The fourth-order valence-corrected chi connectivity index (χ4v) is 4.90. The Hall–Kier alpha value is -2.93. The number of fused-ring (bicyclic) bond motifs is 1. The summed E-state index contributed by atoms with van der Waals surface area (Å²) in [5.41, 5.74) is 0.654. The molecule has 1 fully saturated rings. The number of likely N-dealkylation sites (tertiary alicyclic amines) is 1. The lowest BCUT2D eigenvalue weighted by molar-refractivity contribution is -0.142. The third-order valence-corrected chi connectivity index (χ3v) is 7.21. The molecule has 2 aromatic carbocycles. The molecule has 1 aliphatic heterocycles. The molecule has 0 bridgehead atoms. The van der Waals surface area contributed by atoms with Gasteiger partial charge in [0.15, 0.2) is 0 Å². The van der Waals surface area contributed by atoms with Gasteiger partial charge in [0.25, 0.3) is 0 Å². The van der Waals surface area contributed by atoms with Gasteiger partial charge in [-0.3, -0.25) is 14.4 Å². The van der Waals surface area contributed by atoms with Crippen LogP contribution >= 0.6 is 0 Å². The highest BCUT2D eigenvalue weighted by Gasteiger charge is 2.40. The fourth-order valence-electron chi connectivity index (χ4n) is 4.90. The lowest BCUT2D eigenvalue weighted by Crippen LogP contribution is -2.59. The summed E-state index contributed by atoms with van der Waals surface area (Å²) >= 11 is 0. The maximum Gasteiger partial charge on any atom is 0.246 e. The highest BCUT2D eigenvalue weighted by Crippen LogP contribution is 2.27. The van der Waals surface area contributed by atoms with Gasteiger partial charge >= 0.3 is 0 Å². The summed E-state index contributed by atoms with van der Waals surface area (Å²) in [5, 5.41) is 8.21. The van der Waals surface area contributed by atoms with Crippen molar-refractivity contribution in [3.63, 3.8) is 0 Å². The maximum absolute atomic E-state index is 13.8. The molecule has 1 heterocycles. The molecule has 3 rings (SSSR count). The van der Waals surface area contributed by atoms with Gasteiger partial charge in [-0.05, 0) is 48.6 Å². The molecular weight excluding hydrogens is 452 g/mol. The van der Waals surface area contributed by atoms with Crippen molar-refractivity contribution in [2.45, 2.75) is 78.6 Å². The Morgan fingerprint density at radius 3 is 2.47 bits per heavy atom. The van der Waals surface area contributed by atoms with Crippen molar-refractivity contribution in [1.29, 1.82) is 0 Å². The summed E-state index contributed by atoms with van der Waals surface area (Å²) in [5.74, 6) is -0.193. The average molecular weight is 495 g/mol. The van der Waals surface area contributed by atoms with Gasteiger partial charge in [0.05, 0.1) is 6.04 Å². The van der Waals surface area contributed by atoms with E-state index in [1.807, 2.05) is 55.7 Å². The fraction of sp³-hybridized carbons (Fsp3) is 0.552. The average Bonchev–Trinajstić information content (AvgIpc) is 3.33. The van der Waals surface area contributed by atoms with Crippen LogP contribution in [0.25, 0.3) is 10.8 Å². The number of benzene rings is 2. The second kappa shape index (κ2) is 11.9. The van der Waals surface area contributed by atoms with Gasteiger partial charge < -0.3 is 20.4 Å². The van der Waals surface area contributed by atoms with Crippen LogP contribution in [0.15, 0.2) is 42.5 Å². The van der Waals surface area contributed by atoms with E-state index >= 15 is 0 Å². The Balaban J connectivity index is 1.82. The topological polar surface area (TPSA) is 81.8 Å². The maximum atomic E-state index is 13.8. The van der Waals surface area contributed by atoms with Crippen molar-refractivity contribution in [3.8, 4) is 0 Å². The van der Waals surface area contributed by atoms with E-state index in [1.54, 1.807) is 14.0 Å². The first-order valence-electron chi connectivity index (χ1n) is 13.1. The predicted molar refractivity (Wildman–Crippen MR) is 144 cm³/mol. The van der Waals surface area contributed by atoms with Gasteiger partial charge in [0, 0.05) is 32.1 Å². The zero-order valence-corrected chi connectivity index (χ0v) is 22.6. The van der Waals surface area contributed by atoms with Crippen molar-refractivity contribution < 1.29 is 14.4 Å². The number of rotatable bonds is 9. The van der Waals surface area contributed by atoms with Gasteiger partial charge in [-0.15, -0.1) is 0 Å². The third-order valence-electron chi connectivity index (χ3n) is 7.21. The summed E-state index contributed by atoms with van der Waals surface area (Å²) in [7, 11) is 1.73. The highest BCUT2D eigenvalue weighted by atomic mass is 16.2. The Morgan fingerprint density at radius 2 is 1.81 bits per heavy atom. The van der Waals surface area contributed by atoms with Gasteiger partial charge in [0.1, 0.15) is 6.04 Å². The van der Waals surface area contributed by atoms with Crippen LogP contribution in [0.5, 0.6) is 0 Å². The molecule has 0 aliphatic carbocycles. The van der Waals surface area contributed by atoms with Crippen LogP contribution in [0, 0.1) is 5.41 Å². The summed E-state index contributed by atoms with van der Waals surface area (Å²) < 4.78 is 0. The molecule has 0 saturated carbocycles. The van der Waals surface area contributed by atoms with Crippen molar-refractivity contribution in [3.05, 3.63) is 48.0 Å². The standard InChI is InChI=1S/C29H42N4O3/c1-7-25(34)32(18-22-14-10-13-21-12-8-9-16-24(21)22)19-23-15-11-17-33(23)28(36)26(29(3,4)5)31-27(35)20(2)30-6/h8-10,12-14,16,20,23,26,30H,7,11,15,17-19H2,1-6H3,(H,31,35)/t20-,23-,26+/m0/s1. The van der Waals surface area contributed by atoms with Crippen molar-refractivity contribution in [1.82, 2.24) is 20.4 Å². The van der Waals surface area contributed by atoms with Crippen LogP contribution in [-0.2, 0) is 20.9 Å². The second-order valence-corrected chi connectivity index (χ2v) is 10.9. The first-order valence-corrected chi connectivity index (χ1v) is 13.1. The molecule has 7 nitrogen and oxygen atoms in total. The smallest absolute Gasteiger partial charge is 0.246 e. The molecular formula is C29H42N4O3. The number of carbonyl (C=O) groups excluding carboxylic acids is 3. The summed E-state index contributed by atoms with van der Waals surface area (Å²) in [6, 6.07) is 13.3. The molecule has 0 unspecified atom stereocenters. The van der Waals surface area contributed by atoms with Crippen LogP contribution in [0.4, 0.5) is 0 Å². The van der Waals surface area contributed by atoms with Crippen LogP contribution in [0.2, 0.25) is 0 Å². The lowest BCUT2D eigenvalue weighted by atomic mass is 9.85. The number of nitrogens with zero attached hydrogens (tertiary/aromatic N) is 2. The van der Waals surface area contributed by atoms with E-state index < -0.39 is 17.5 Å². The van der Waals surface area contributed by atoms with Crippen molar-refractivity contribution in [2.75, 3.05) is 20.1 Å². The van der Waals surface area contributed by atoms with E-state index in [2.05, 4.69) is 34.9 Å². The SMILES string of the molecule is CCC(=O)N(Cc1cccc2ccccc12)C[C@@H]1CCCN1C(=O)[C@@H](NC(=O)[C@H](C)NC)C(C)(C)C. The minimum Gasteiger partial charge on any atom is -0.342 e. The molecule has 0 aromatic heterocycles. The largest absolute Gasteiger partial charge is 0.342 e. The minimum atomic E-state index is -0.644. The number of hydrogen-bond donors (Lipinski definition) is 2. The zero-order chi connectivity index (χ0) is 26.5. The Labute approximate surface area is 215 Å². The van der Waals surface area contributed by atoms with Crippen LogP contribution in [-0.4, -0.2) is 65.8 Å². The number of carbonyl (C=O) groups is 3. The summed E-state index contributed by atoms with van der Waals surface area (Å²) in [6.45, 7) is 11.2. The summed E-state index contributed by atoms with van der Waals surface area (Å²) in [4.78, 5) is 43.2. The van der Waals surface area contributed by atoms with Crippen molar-refractivity contribution >= 4 is 28.5 Å². The monoisotopic (exact) mass is 494 g/mol. The van der Waals surface area contributed by atoms with E-state index in [4.69, 9.17) is 0 Å². The first-order chi connectivity index (χ1) is 17.1. The zero-order valence-electron chi connectivity index (χ0n) is 22.6. The second-order valence-electron chi connectivity index (χ2n) is 10.9. The van der Waals surface area contributed by atoms with Crippen LogP contribution in [0.3, 0.4) is 0 Å². The molecule has 0 radical (unpaired) electrons. The summed E-state index contributed by atoms with van der Waals surface area (Å²) in [6.07, 6.45) is 2.14. The first kappa shape index (κ1) is 27.7. The van der Waals surface area contributed by atoms with E-state index in [9.17, 15) is 14.4 Å². The number of nitrogens with one attached hydrogen (secondary N) is 2. The number of likely N-dealkylation sites (N-methyl/N-ethyl adjacent to an activating group) is 1. The molecule has 2 N–H and O–H groups in total. The molecule has 1 saturated heterocycles. The van der Waals surface area contributed by atoms with E-state index in [1.165, 1.54) is 0 Å². The molecule has 36 heavy (non-hydrogen) atoms. The Morgan fingerprint density at radius 1 is 1.11 bits per heavy atom. The van der Waals surface area contributed by atoms with E-state index in [-0.39, 0.29) is 23.8 Å². The predicted octanol–water partition coefficient (Wildman–Crippen LogP) is 3.71. The lowest BCUT2D eigenvalue weighted by Gasteiger charge is -2.37. The molecule has 3 amide bonds. The number of hydrogen-bond acceptors (Lipinski definition) is 4.